The fraction of sp³-hybridized carbons (Fsp3) is 0.417. The molecule has 0 aliphatic carbocycles. The molecule has 28 heavy (non-hydrogen) atoms. The minimum Gasteiger partial charge on any atom is -0.491 e. The fourth-order valence-electron chi connectivity index (χ4n) is 4.65. The highest BCUT2D eigenvalue weighted by Crippen LogP contribution is 2.36. The topological polar surface area (TPSA) is 31.5 Å². The van der Waals surface area contributed by atoms with Crippen molar-refractivity contribution < 1.29 is 4.74 Å². The maximum Gasteiger partial charge on any atom is 0.145 e. The molecule has 3 aromatic rings. The van der Waals surface area contributed by atoms with Gasteiger partial charge in [-0.2, -0.15) is 0 Å². The summed E-state index contributed by atoms with van der Waals surface area (Å²) in [5.74, 6) is 1.13. The van der Waals surface area contributed by atoms with Crippen molar-refractivity contribution in [2.24, 2.45) is 0 Å². The third-order valence-electron chi connectivity index (χ3n) is 6.25. The number of anilines is 1. The first-order chi connectivity index (χ1) is 13.9. The molecule has 4 nitrogen and oxygen atoms in total. The molecule has 1 N–H and O–H groups in total. The fourth-order valence-corrected chi connectivity index (χ4v) is 4.65. The largest absolute Gasteiger partial charge is 0.491 e. The lowest BCUT2D eigenvalue weighted by molar-refractivity contribution is 0.252. The van der Waals surface area contributed by atoms with Crippen LogP contribution in [-0.4, -0.2) is 49.2 Å². The lowest BCUT2D eigenvalue weighted by Gasteiger charge is -2.36. The van der Waals surface area contributed by atoms with Crippen LogP contribution < -0.4 is 9.64 Å². The van der Waals surface area contributed by atoms with Crippen LogP contribution in [0, 0.1) is 0 Å². The number of nitrogens with zero attached hydrogens (tertiary/aromatic N) is 2. The Morgan fingerprint density at radius 2 is 1.82 bits per heavy atom. The number of fused-ring (bicyclic) bond motifs is 2. The van der Waals surface area contributed by atoms with Gasteiger partial charge in [0.1, 0.15) is 5.75 Å². The molecule has 2 aliphatic heterocycles. The van der Waals surface area contributed by atoms with Gasteiger partial charge in [0.15, 0.2) is 0 Å². The monoisotopic (exact) mass is 375 g/mol. The van der Waals surface area contributed by atoms with Crippen LogP contribution in [0.1, 0.15) is 24.0 Å². The molecule has 0 radical (unpaired) electrons. The Morgan fingerprint density at radius 3 is 2.75 bits per heavy atom. The van der Waals surface area contributed by atoms with Crippen LogP contribution >= 0.6 is 0 Å². The number of benzene rings is 2. The van der Waals surface area contributed by atoms with Crippen molar-refractivity contribution in [3.05, 3.63) is 59.8 Å². The molecule has 0 amide bonds. The Bertz CT molecular complexity index is 940. The zero-order valence-corrected chi connectivity index (χ0v) is 16.5. The van der Waals surface area contributed by atoms with Crippen LogP contribution in [0.4, 0.5) is 5.69 Å². The van der Waals surface area contributed by atoms with Gasteiger partial charge in [-0.05, 0) is 49.1 Å². The van der Waals surface area contributed by atoms with E-state index in [1.54, 1.807) is 0 Å². The van der Waals surface area contributed by atoms with Gasteiger partial charge in [-0.3, -0.25) is 4.90 Å². The van der Waals surface area contributed by atoms with Crippen molar-refractivity contribution >= 4 is 16.6 Å². The second-order valence-corrected chi connectivity index (χ2v) is 8.01. The van der Waals surface area contributed by atoms with Crippen molar-refractivity contribution in [3.63, 3.8) is 0 Å². The number of nitrogens with one attached hydrogen (secondary N) is 1. The van der Waals surface area contributed by atoms with Crippen molar-refractivity contribution in [1.82, 2.24) is 9.88 Å². The molecule has 4 heteroatoms. The van der Waals surface area contributed by atoms with Gasteiger partial charge in [0.05, 0.1) is 12.3 Å². The van der Waals surface area contributed by atoms with Crippen LogP contribution in [0.25, 0.3) is 10.9 Å². The van der Waals surface area contributed by atoms with E-state index in [0.29, 0.717) is 0 Å². The Balaban J connectivity index is 1.09. The zero-order valence-electron chi connectivity index (χ0n) is 16.5. The molecular formula is C24H29N3O. The van der Waals surface area contributed by atoms with E-state index >= 15 is 0 Å². The van der Waals surface area contributed by atoms with E-state index in [1.807, 2.05) is 0 Å². The molecule has 0 unspecified atom stereocenters. The molecule has 0 spiro atoms. The number of unbranched alkanes of at least 4 members (excludes halogenated alkanes) is 1. The Labute approximate surface area is 167 Å². The van der Waals surface area contributed by atoms with Gasteiger partial charge in [-0.15, -0.1) is 0 Å². The lowest BCUT2D eigenvalue weighted by Crippen LogP contribution is -2.46. The number of rotatable bonds is 6. The first-order valence-electron chi connectivity index (χ1n) is 10.7. The molecular weight excluding hydrogens is 346 g/mol. The van der Waals surface area contributed by atoms with Crippen LogP contribution in [0.3, 0.4) is 0 Å². The summed E-state index contributed by atoms with van der Waals surface area (Å²) >= 11 is 0. The summed E-state index contributed by atoms with van der Waals surface area (Å²) in [6.45, 7) is 6.54. The number of hydrogen-bond acceptors (Lipinski definition) is 3. The molecule has 0 saturated carbocycles. The number of aryl methyl sites for hydroxylation is 1. The predicted octanol–water partition coefficient (Wildman–Crippen LogP) is 4.25. The minimum atomic E-state index is 0.836. The number of H-pyrrole nitrogens is 1. The summed E-state index contributed by atoms with van der Waals surface area (Å²) in [7, 11) is 0. The molecule has 0 bridgehead atoms. The summed E-state index contributed by atoms with van der Waals surface area (Å²) in [4.78, 5) is 8.52. The molecule has 0 atom stereocenters. The van der Waals surface area contributed by atoms with Gasteiger partial charge >= 0.3 is 0 Å². The molecule has 3 heterocycles. The number of para-hydroxylation sites is 2. The highest BCUT2D eigenvalue weighted by Gasteiger charge is 2.23. The zero-order chi connectivity index (χ0) is 18.8. The summed E-state index contributed by atoms with van der Waals surface area (Å²) in [5.41, 5.74) is 5.38. The SMILES string of the molecule is c1cc2c(c(N3CCN(CCCCc4c[nH]c5ccccc45)CC3)c1)OCC2. The lowest BCUT2D eigenvalue weighted by atomic mass is 10.1. The Morgan fingerprint density at radius 1 is 0.929 bits per heavy atom. The summed E-state index contributed by atoms with van der Waals surface area (Å²) in [6.07, 6.45) is 6.92. The molecule has 5 rings (SSSR count). The third-order valence-corrected chi connectivity index (χ3v) is 6.25. The molecule has 1 aromatic heterocycles. The van der Waals surface area contributed by atoms with Crippen LogP contribution in [-0.2, 0) is 12.8 Å². The van der Waals surface area contributed by atoms with Crippen molar-refractivity contribution in [3.8, 4) is 5.75 Å². The first-order valence-corrected chi connectivity index (χ1v) is 10.7. The van der Waals surface area contributed by atoms with Gasteiger partial charge in [0.25, 0.3) is 0 Å². The second kappa shape index (κ2) is 7.88. The number of aromatic nitrogens is 1. The third kappa shape index (κ3) is 3.49. The van der Waals surface area contributed by atoms with Gasteiger partial charge in [-0.25, -0.2) is 0 Å². The summed E-state index contributed by atoms with van der Waals surface area (Å²) in [6, 6.07) is 15.2. The standard InChI is InChI=1S/C24H29N3O/c1-2-9-22-21(8-1)20(18-25-22)6-3-4-12-26-13-15-27(16-14-26)23-10-5-7-19-11-17-28-24(19)23/h1-2,5,7-10,18,25H,3-4,6,11-17H2. The molecule has 2 aliphatic rings. The minimum absolute atomic E-state index is 0.836. The average molecular weight is 376 g/mol. The Kier molecular flexibility index (Phi) is 4.96. The van der Waals surface area contributed by atoms with Crippen LogP contribution in [0.15, 0.2) is 48.7 Å². The first kappa shape index (κ1) is 17.6. The summed E-state index contributed by atoms with van der Waals surface area (Å²) in [5, 5.41) is 1.38. The van der Waals surface area contributed by atoms with Crippen molar-refractivity contribution in [2.45, 2.75) is 25.7 Å². The molecule has 1 fully saturated rings. The highest BCUT2D eigenvalue weighted by atomic mass is 16.5. The van der Waals surface area contributed by atoms with E-state index in [0.717, 1.165) is 51.4 Å². The number of hydrogen-bond donors (Lipinski definition) is 1. The van der Waals surface area contributed by atoms with E-state index in [4.69, 9.17) is 4.74 Å². The van der Waals surface area contributed by atoms with Gasteiger partial charge < -0.3 is 14.6 Å². The van der Waals surface area contributed by atoms with Crippen molar-refractivity contribution in [1.29, 1.82) is 0 Å². The average Bonchev–Trinajstić information content (AvgIpc) is 3.39. The number of aromatic amines is 1. The molecule has 146 valence electrons. The quantitative estimate of drug-likeness (QED) is 0.654. The molecule has 1 saturated heterocycles. The summed E-state index contributed by atoms with van der Waals surface area (Å²) < 4.78 is 5.90. The van der Waals surface area contributed by atoms with E-state index in [9.17, 15) is 0 Å². The number of piperazine rings is 1. The Hall–Kier alpha value is -2.46. The molecule has 2 aromatic carbocycles. The normalized spacial score (nSPS) is 17.1. The van der Waals surface area contributed by atoms with E-state index in [2.05, 4.69) is 63.4 Å². The highest BCUT2D eigenvalue weighted by molar-refractivity contribution is 5.83. The smallest absolute Gasteiger partial charge is 0.145 e. The van der Waals surface area contributed by atoms with Gasteiger partial charge in [0.2, 0.25) is 0 Å². The maximum atomic E-state index is 5.90. The van der Waals surface area contributed by atoms with Gasteiger partial charge in [-0.1, -0.05) is 30.3 Å². The van der Waals surface area contributed by atoms with Crippen LogP contribution in [0.2, 0.25) is 0 Å². The maximum absolute atomic E-state index is 5.90. The van der Waals surface area contributed by atoms with Crippen LogP contribution in [0.5, 0.6) is 5.75 Å². The number of ether oxygens (including phenoxy) is 1. The van der Waals surface area contributed by atoms with E-state index in [1.165, 1.54) is 47.1 Å². The van der Waals surface area contributed by atoms with E-state index < -0.39 is 0 Å². The van der Waals surface area contributed by atoms with Gasteiger partial charge in [0, 0.05) is 49.7 Å². The van der Waals surface area contributed by atoms with Crippen molar-refractivity contribution in [2.75, 3.05) is 44.2 Å². The predicted molar refractivity (Wildman–Crippen MR) is 116 cm³/mol. The second-order valence-electron chi connectivity index (χ2n) is 8.01. The van der Waals surface area contributed by atoms with E-state index in [-0.39, 0.29) is 0 Å².